The summed E-state index contributed by atoms with van der Waals surface area (Å²) in [5.41, 5.74) is 0.741. The van der Waals surface area contributed by atoms with Gasteiger partial charge in [0, 0.05) is 32.4 Å². The number of fused-ring (bicyclic) bond motifs is 1. The van der Waals surface area contributed by atoms with Gasteiger partial charge < -0.3 is 15.0 Å². The molecule has 2 aromatic heterocycles. The van der Waals surface area contributed by atoms with Gasteiger partial charge >= 0.3 is 0 Å². The maximum Gasteiger partial charge on any atom is 0.271 e. The van der Waals surface area contributed by atoms with E-state index in [4.69, 9.17) is 0 Å². The zero-order chi connectivity index (χ0) is 14.5. The zero-order valence-electron chi connectivity index (χ0n) is 11.0. The van der Waals surface area contributed by atoms with Crippen LogP contribution in [0.1, 0.15) is 23.8 Å². The van der Waals surface area contributed by atoms with Crippen molar-refractivity contribution in [2.75, 3.05) is 13.1 Å². The molecule has 2 aromatic rings. The molecule has 0 atom stereocenters. The van der Waals surface area contributed by atoms with Gasteiger partial charge in [0.1, 0.15) is 17.2 Å². The zero-order valence-corrected chi connectivity index (χ0v) is 11.0. The Bertz CT molecular complexity index is 638. The van der Waals surface area contributed by atoms with Gasteiger partial charge in [0.25, 0.3) is 5.91 Å². The second-order valence-corrected chi connectivity index (χ2v) is 4.33. The monoisotopic (exact) mass is 278 g/mol. The third-order valence-electron chi connectivity index (χ3n) is 2.66. The Morgan fingerprint density at radius 2 is 2.00 bits per heavy atom. The molecule has 0 aliphatic heterocycles. The van der Waals surface area contributed by atoms with Crippen LogP contribution in [0.15, 0.2) is 24.5 Å². The number of rotatable bonds is 5. The fourth-order valence-electron chi connectivity index (χ4n) is 1.72. The number of halogens is 1. The van der Waals surface area contributed by atoms with Crippen LogP contribution >= 0.6 is 0 Å². The number of nitrogens with one attached hydrogen (secondary N) is 2. The number of amides is 2. The molecule has 0 saturated heterocycles. The highest BCUT2D eigenvalue weighted by atomic mass is 19.1. The Balaban J connectivity index is 1.89. The summed E-state index contributed by atoms with van der Waals surface area (Å²) >= 11 is 0. The van der Waals surface area contributed by atoms with E-state index in [0.29, 0.717) is 25.2 Å². The molecular weight excluding hydrogens is 263 g/mol. The smallest absolute Gasteiger partial charge is 0.271 e. The summed E-state index contributed by atoms with van der Waals surface area (Å²) in [5, 5.41) is 5.32. The van der Waals surface area contributed by atoms with Gasteiger partial charge in [0.2, 0.25) is 5.91 Å². The standard InChI is InChI=1S/C13H15FN4O2/c1-9(19)15-5-2-6-16-13(20)11-8-18-7-10(14)3-4-12(18)17-11/h3-4,7-8H,2,5-6H2,1H3,(H,15,19)(H,16,20). The first-order valence-electron chi connectivity index (χ1n) is 6.23. The van der Waals surface area contributed by atoms with Crippen LogP contribution in [0.2, 0.25) is 0 Å². The van der Waals surface area contributed by atoms with Crippen molar-refractivity contribution in [3.63, 3.8) is 0 Å². The molecule has 0 radical (unpaired) electrons. The van der Waals surface area contributed by atoms with Crippen LogP contribution in [0.3, 0.4) is 0 Å². The number of hydrogen-bond donors (Lipinski definition) is 2. The molecule has 6 nitrogen and oxygen atoms in total. The van der Waals surface area contributed by atoms with Gasteiger partial charge in [-0.2, -0.15) is 0 Å². The molecular formula is C13H15FN4O2. The Morgan fingerprint density at radius 3 is 2.75 bits per heavy atom. The highest BCUT2D eigenvalue weighted by Crippen LogP contribution is 2.06. The molecule has 2 N–H and O–H groups in total. The molecule has 106 valence electrons. The highest BCUT2D eigenvalue weighted by Gasteiger charge is 2.10. The lowest BCUT2D eigenvalue weighted by Crippen LogP contribution is -2.28. The summed E-state index contributed by atoms with van der Waals surface area (Å²) < 4.78 is 14.5. The van der Waals surface area contributed by atoms with E-state index in [1.807, 2.05) is 0 Å². The van der Waals surface area contributed by atoms with Crippen LogP contribution in [-0.2, 0) is 4.79 Å². The number of hydrogen-bond acceptors (Lipinski definition) is 3. The predicted molar refractivity (Wildman–Crippen MR) is 70.8 cm³/mol. The maximum absolute atomic E-state index is 13.0. The number of carbonyl (C=O) groups excluding carboxylic acids is 2. The summed E-state index contributed by atoms with van der Waals surface area (Å²) in [6.45, 7) is 2.38. The third-order valence-corrected chi connectivity index (χ3v) is 2.66. The van der Waals surface area contributed by atoms with Crippen LogP contribution in [0.5, 0.6) is 0 Å². The van der Waals surface area contributed by atoms with Crippen molar-refractivity contribution in [2.45, 2.75) is 13.3 Å². The lowest BCUT2D eigenvalue weighted by atomic mass is 10.4. The van der Waals surface area contributed by atoms with Crippen molar-refractivity contribution in [3.05, 3.63) is 36.0 Å². The predicted octanol–water partition coefficient (Wildman–Crippen LogP) is 0.729. The molecule has 0 saturated carbocycles. The van der Waals surface area contributed by atoms with E-state index in [-0.39, 0.29) is 17.5 Å². The minimum atomic E-state index is -0.392. The summed E-state index contributed by atoms with van der Waals surface area (Å²) in [5.74, 6) is -0.812. The van der Waals surface area contributed by atoms with Gasteiger partial charge in [-0.3, -0.25) is 9.59 Å². The average Bonchev–Trinajstić information content (AvgIpc) is 2.80. The largest absolute Gasteiger partial charge is 0.356 e. The van der Waals surface area contributed by atoms with Gasteiger partial charge in [-0.05, 0) is 18.6 Å². The minimum Gasteiger partial charge on any atom is -0.356 e. The Hall–Kier alpha value is -2.44. The first kappa shape index (κ1) is 14.0. The molecule has 0 fully saturated rings. The highest BCUT2D eigenvalue weighted by molar-refractivity contribution is 5.92. The van der Waals surface area contributed by atoms with Gasteiger partial charge in [-0.15, -0.1) is 0 Å². The Labute approximate surface area is 115 Å². The SMILES string of the molecule is CC(=O)NCCCNC(=O)c1cn2cc(F)ccc2n1. The van der Waals surface area contributed by atoms with E-state index in [1.54, 1.807) is 0 Å². The van der Waals surface area contributed by atoms with Crippen molar-refractivity contribution in [1.82, 2.24) is 20.0 Å². The van der Waals surface area contributed by atoms with Gasteiger partial charge in [0.15, 0.2) is 0 Å². The van der Waals surface area contributed by atoms with Crippen LogP contribution in [0, 0.1) is 5.82 Å². The fourth-order valence-corrected chi connectivity index (χ4v) is 1.72. The molecule has 7 heteroatoms. The second kappa shape index (κ2) is 6.14. The maximum atomic E-state index is 13.0. The molecule has 2 heterocycles. The molecule has 0 aliphatic rings. The average molecular weight is 278 g/mol. The third kappa shape index (κ3) is 3.53. The number of carbonyl (C=O) groups is 2. The first-order chi connectivity index (χ1) is 9.56. The van der Waals surface area contributed by atoms with Crippen molar-refractivity contribution in [1.29, 1.82) is 0 Å². The molecule has 2 rings (SSSR count). The minimum absolute atomic E-state index is 0.0984. The first-order valence-corrected chi connectivity index (χ1v) is 6.23. The molecule has 0 spiro atoms. The van der Waals surface area contributed by atoms with Crippen molar-refractivity contribution in [2.24, 2.45) is 0 Å². The van der Waals surface area contributed by atoms with E-state index >= 15 is 0 Å². The van der Waals surface area contributed by atoms with Crippen molar-refractivity contribution in [3.8, 4) is 0 Å². The summed E-state index contributed by atoms with van der Waals surface area (Å²) in [7, 11) is 0. The van der Waals surface area contributed by atoms with Crippen LogP contribution in [-0.4, -0.2) is 34.3 Å². The van der Waals surface area contributed by atoms with E-state index < -0.39 is 5.82 Å². The Morgan fingerprint density at radius 1 is 1.25 bits per heavy atom. The van der Waals surface area contributed by atoms with Crippen LogP contribution < -0.4 is 10.6 Å². The molecule has 20 heavy (non-hydrogen) atoms. The molecule has 0 unspecified atom stereocenters. The number of pyridine rings is 1. The molecule has 0 aromatic carbocycles. The van der Waals surface area contributed by atoms with Crippen LogP contribution in [0.25, 0.3) is 5.65 Å². The lowest BCUT2D eigenvalue weighted by Gasteiger charge is -2.03. The van der Waals surface area contributed by atoms with Gasteiger partial charge in [-0.1, -0.05) is 0 Å². The lowest BCUT2D eigenvalue weighted by molar-refractivity contribution is -0.118. The second-order valence-electron chi connectivity index (χ2n) is 4.33. The Kier molecular flexibility index (Phi) is 4.29. The number of nitrogens with zero attached hydrogens (tertiary/aromatic N) is 2. The normalized spacial score (nSPS) is 10.5. The summed E-state index contributed by atoms with van der Waals surface area (Å²) in [6.07, 6.45) is 3.37. The van der Waals surface area contributed by atoms with Crippen molar-refractivity contribution >= 4 is 17.5 Å². The number of aromatic nitrogens is 2. The fraction of sp³-hybridized carbons (Fsp3) is 0.308. The summed E-state index contributed by atoms with van der Waals surface area (Å²) in [6, 6.07) is 2.79. The van der Waals surface area contributed by atoms with E-state index in [0.717, 1.165) is 0 Å². The van der Waals surface area contributed by atoms with E-state index in [9.17, 15) is 14.0 Å². The molecule has 0 aliphatic carbocycles. The molecule has 0 bridgehead atoms. The van der Waals surface area contributed by atoms with Crippen LogP contribution in [0.4, 0.5) is 4.39 Å². The van der Waals surface area contributed by atoms with E-state index in [2.05, 4.69) is 15.6 Å². The summed E-state index contributed by atoms with van der Waals surface area (Å²) in [4.78, 5) is 26.6. The molecule has 2 amide bonds. The quantitative estimate of drug-likeness (QED) is 0.792. The van der Waals surface area contributed by atoms with Gasteiger partial charge in [-0.25, -0.2) is 9.37 Å². The number of imidazole rings is 1. The van der Waals surface area contributed by atoms with Crippen molar-refractivity contribution < 1.29 is 14.0 Å². The van der Waals surface area contributed by atoms with E-state index in [1.165, 1.54) is 35.9 Å². The van der Waals surface area contributed by atoms with Gasteiger partial charge in [0.05, 0.1) is 0 Å². The topological polar surface area (TPSA) is 75.5 Å².